The van der Waals surface area contributed by atoms with Crippen molar-refractivity contribution in [3.63, 3.8) is 0 Å². The van der Waals surface area contributed by atoms with Crippen LogP contribution in [0.4, 0.5) is 10.1 Å². The van der Waals surface area contributed by atoms with Crippen LogP contribution in [0, 0.1) is 15.9 Å². The molecular formula is C23H21FN4O2. The minimum Gasteiger partial charge on any atom is -0.268 e. The van der Waals surface area contributed by atoms with Gasteiger partial charge in [0.25, 0.3) is 5.69 Å². The SMILES string of the molecule is CC.O=[N+]([O-])c1cnc(-c2ccc(F)cc2)cc1-c1ccn(Cc2ccccc2)n1. The summed E-state index contributed by atoms with van der Waals surface area (Å²) in [5.41, 5.74) is 2.98. The Kier molecular flexibility index (Phi) is 6.64. The van der Waals surface area contributed by atoms with Crippen LogP contribution in [0.5, 0.6) is 0 Å². The predicted molar refractivity (Wildman–Crippen MR) is 114 cm³/mol. The van der Waals surface area contributed by atoms with Crippen molar-refractivity contribution in [2.45, 2.75) is 20.4 Å². The Labute approximate surface area is 173 Å². The minimum atomic E-state index is -0.479. The summed E-state index contributed by atoms with van der Waals surface area (Å²) in [6.45, 7) is 4.56. The number of rotatable bonds is 5. The lowest BCUT2D eigenvalue weighted by atomic mass is 10.1. The third-order valence-electron chi connectivity index (χ3n) is 4.32. The summed E-state index contributed by atoms with van der Waals surface area (Å²) in [6.07, 6.45) is 2.99. The smallest absolute Gasteiger partial charge is 0.268 e. The number of nitro groups is 1. The topological polar surface area (TPSA) is 73.8 Å². The maximum atomic E-state index is 13.2. The zero-order valence-corrected chi connectivity index (χ0v) is 16.7. The van der Waals surface area contributed by atoms with Gasteiger partial charge < -0.3 is 0 Å². The molecule has 0 radical (unpaired) electrons. The van der Waals surface area contributed by atoms with Gasteiger partial charge in [0.1, 0.15) is 12.0 Å². The maximum Gasteiger partial charge on any atom is 0.297 e. The van der Waals surface area contributed by atoms with Crippen LogP contribution in [-0.2, 0) is 6.54 Å². The second kappa shape index (κ2) is 9.56. The molecule has 0 aliphatic heterocycles. The van der Waals surface area contributed by atoms with E-state index in [1.165, 1.54) is 18.3 Å². The van der Waals surface area contributed by atoms with E-state index in [9.17, 15) is 14.5 Å². The van der Waals surface area contributed by atoms with Gasteiger partial charge in [-0.05, 0) is 42.0 Å². The largest absolute Gasteiger partial charge is 0.297 e. The second-order valence-corrected chi connectivity index (χ2v) is 6.23. The molecule has 0 N–H and O–H groups in total. The molecule has 0 amide bonds. The highest BCUT2D eigenvalue weighted by atomic mass is 19.1. The average Bonchev–Trinajstić information content (AvgIpc) is 3.24. The number of aromatic nitrogens is 3. The average molecular weight is 404 g/mol. The van der Waals surface area contributed by atoms with Crippen molar-refractivity contribution in [3.8, 4) is 22.5 Å². The van der Waals surface area contributed by atoms with E-state index in [2.05, 4.69) is 10.1 Å². The van der Waals surface area contributed by atoms with Gasteiger partial charge in [0.2, 0.25) is 0 Å². The van der Waals surface area contributed by atoms with Gasteiger partial charge >= 0.3 is 0 Å². The zero-order chi connectivity index (χ0) is 21.5. The molecule has 2 heterocycles. The fraction of sp³-hybridized carbons (Fsp3) is 0.130. The Bertz CT molecular complexity index is 1130. The molecule has 2 aromatic carbocycles. The lowest BCUT2D eigenvalue weighted by Gasteiger charge is -2.05. The summed E-state index contributed by atoms with van der Waals surface area (Å²) >= 11 is 0. The molecule has 0 saturated carbocycles. The molecule has 0 spiro atoms. The minimum absolute atomic E-state index is 0.129. The van der Waals surface area contributed by atoms with Gasteiger partial charge in [0, 0.05) is 11.8 Å². The molecule has 0 unspecified atom stereocenters. The van der Waals surface area contributed by atoms with Crippen LogP contribution in [0.15, 0.2) is 79.1 Å². The molecular weight excluding hydrogens is 383 g/mol. The molecule has 0 aliphatic rings. The van der Waals surface area contributed by atoms with E-state index in [4.69, 9.17) is 0 Å². The number of hydrogen-bond acceptors (Lipinski definition) is 4. The fourth-order valence-electron chi connectivity index (χ4n) is 2.94. The fourth-order valence-corrected chi connectivity index (χ4v) is 2.94. The standard InChI is InChI=1S/C21H15FN4O2.C2H6/c22-17-8-6-16(7-9-17)20-12-18(21(13-23-20)26(27)28)19-10-11-25(24-19)14-15-4-2-1-3-5-15;1-2/h1-13H,14H2;1-2H3. The van der Waals surface area contributed by atoms with Gasteiger partial charge in [-0.25, -0.2) is 9.37 Å². The second-order valence-electron chi connectivity index (χ2n) is 6.23. The van der Waals surface area contributed by atoms with Crippen LogP contribution < -0.4 is 0 Å². The van der Waals surface area contributed by atoms with Gasteiger partial charge in [-0.3, -0.25) is 14.8 Å². The zero-order valence-electron chi connectivity index (χ0n) is 16.7. The van der Waals surface area contributed by atoms with Crippen LogP contribution in [0.1, 0.15) is 19.4 Å². The number of halogens is 1. The van der Waals surface area contributed by atoms with Crippen molar-refractivity contribution in [2.24, 2.45) is 0 Å². The van der Waals surface area contributed by atoms with Gasteiger partial charge in [-0.15, -0.1) is 0 Å². The number of pyridine rings is 1. The molecule has 30 heavy (non-hydrogen) atoms. The molecule has 4 aromatic rings. The van der Waals surface area contributed by atoms with Gasteiger partial charge in [0.15, 0.2) is 0 Å². The Morgan fingerprint density at radius 3 is 2.37 bits per heavy atom. The van der Waals surface area contributed by atoms with E-state index < -0.39 is 4.92 Å². The van der Waals surface area contributed by atoms with E-state index in [-0.39, 0.29) is 11.5 Å². The van der Waals surface area contributed by atoms with Crippen LogP contribution in [-0.4, -0.2) is 19.7 Å². The summed E-state index contributed by atoms with van der Waals surface area (Å²) in [5.74, 6) is -0.356. The van der Waals surface area contributed by atoms with Crippen molar-refractivity contribution in [1.29, 1.82) is 0 Å². The molecule has 0 fully saturated rings. The van der Waals surface area contributed by atoms with Gasteiger partial charge in [-0.2, -0.15) is 5.10 Å². The molecule has 0 saturated heterocycles. The highest BCUT2D eigenvalue weighted by molar-refractivity contribution is 5.75. The van der Waals surface area contributed by atoms with Crippen LogP contribution >= 0.6 is 0 Å². The summed E-state index contributed by atoms with van der Waals surface area (Å²) in [7, 11) is 0. The molecule has 152 valence electrons. The van der Waals surface area contributed by atoms with Crippen molar-refractivity contribution in [2.75, 3.05) is 0 Å². The molecule has 0 aliphatic carbocycles. The number of nitrogens with zero attached hydrogens (tertiary/aromatic N) is 4. The quantitative estimate of drug-likeness (QED) is 0.314. The lowest BCUT2D eigenvalue weighted by Crippen LogP contribution is -2.01. The monoisotopic (exact) mass is 404 g/mol. The van der Waals surface area contributed by atoms with Gasteiger partial charge in [-0.1, -0.05) is 44.2 Å². The molecule has 2 aromatic heterocycles. The van der Waals surface area contributed by atoms with E-state index in [0.29, 0.717) is 29.1 Å². The Hall–Kier alpha value is -3.87. The lowest BCUT2D eigenvalue weighted by molar-refractivity contribution is -0.384. The van der Waals surface area contributed by atoms with Crippen LogP contribution in [0.25, 0.3) is 22.5 Å². The highest BCUT2D eigenvalue weighted by Gasteiger charge is 2.19. The van der Waals surface area contributed by atoms with E-state index >= 15 is 0 Å². The summed E-state index contributed by atoms with van der Waals surface area (Å²) < 4.78 is 14.9. The van der Waals surface area contributed by atoms with Crippen LogP contribution in [0.2, 0.25) is 0 Å². The third kappa shape index (κ3) is 4.75. The Morgan fingerprint density at radius 1 is 1.00 bits per heavy atom. The normalized spacial score (nSPS) is 10.2. The number of benzene rings is 2. The van der Waals surface area contributed by atoms with Gasteiger partial charge in [0.05, 0.1) is 28.4 Å². The van der Waals surface area contributed by atoms with Crippen LogP contribution in [0.3, 0.4) is 0 Å². The van der Waals surface area contributed by atoms with E-state index in [1.807, 2.05) is 44.2 Å². The molecule has 4 rings (SSSR count). The summed E-state index contributed by atoms with van der Waals surface area (Å²) in [5, 5.41) is 16.0. The van der Waals surface area contributed by atoms with Crippen molar-refractivity contribution >= 4 is 5.69 Å². The van der Waals surface area contributed by atoms with E-state index in [1.54, 1.807) is 35.1 Å². The summed E-state index contributed by atoms with van der Waals surface area (Å²) in [4.78, 5) is 15.1. The first-order chi connectivity index (χ1) is 14.6. The summed E-state index contributed by atoms with van der Waals surface area (Å²) in [6, 6.07) is 19.0. The Morgan fingerprint density at radius 2 is 1.70 bits per heavy atom. The van der Waals surface area contributed by atoms with Crippen molar-refractivity contribution in [3.05, 3.63) is 101 Å². The predicted octanol–water partition coefficient (Wildman–Crippen LogP) is 5.73. The first-order valence-electron chi connectivity index (χ1n) is 9.58. The van der Waals surface area contributed by atoms with E-state index in [0.717, 1.165) is 5.56 Å². The highest BCUT2D eigenvalue weighted by Crippen LogP contribution is 2.31. The molecule has 7 heteroatoms. The Balaban J connectivity index is 0.00000124. The third-order valence-corrected chi connectivity index (χ3v) is 4.32. The maximum absolute atomic E-state index is 13.2. The first-order valence-corrected chi connectivity index (χ1v) is 9.58. The number of hydrogen-bond donors (Lipinski definition) is 0. The van der Waals surface area contributed by atoms with Crippen molar-refractivity contribution in [1.82, 2.24) is 14.8 Å². The molecule has 0 bridgehead atoms. The molecule has 6 nitrogen and oxygen atoms in total. The van der Waals surface area contributed by atoms with Crippen molar-refractivity contribution < 1.29 is 9.31 Å². The molecule has 0 atom stereocenters. The first kappa shape index (κ1) is 20.9.